The molecule has 2 heterocycles. The van der Waals surface area contributed by atoms with Crippen LogP contribution in [-0.2, 0) is 16.0 Å². The third kappa shape index (κ3) is 2.68. The molecule has 1 aliphatic rings. The van der Waals surface area contributed by atoms with Crippen LogP contribution in [0.1, 0.15) is 17.1 Å². The zero-order valence-corrected chi connectivity index (χ0v) is 10.0. The highest BCUT2D eigenvalue weighted by Crippen LogP contribution is 2.11. The zero-order chi connectivity index (χ0) is 12.4. The van der Waals surface area contributed by atoms with Gasteiger partial charge < -0.3 is 0 Å². The number of carbonyl (C=O) groups is 3. The first kappa shape index (κ1) is 11.7. The van der Waals surface area contributed by atoms with Gasteiger partial charge in [-0.25, -0.2) is 9.78 Å². The van der Waals surface area contributed by atoms with Crippen molar-refractivity contribution < 1.29 is 14.4 Å². The maximum Gasteiger partial charge on any atom is 0.330 e. The van der Waals surface area contributed by atoms with Crippen molar-refractivity contribution >= 4 is 29.2 Å². The Balaban J connectivity index is 1.96. The van der Waals surface area contributed by atoms with Crippen molar-refractivity contribution in [3.05, 3.63) is 16.1 Å². The maximum absolute atomic E-state index is 11.5. The van der Waals surface area contributed by atoms with Crippen LogP contribution in [0.2, 0.25) is 0 Å². The number of hydrogen-bond acceptors (Lipinski definition) is 5. The summed E-state index contributed by atoms with van der Waals surface area (Å²) >= 11 is 1.49. The number of carbonyl (C=O) groups excluding carboxylic acids is 3. The van der Waals surface area contributed by atoms with E-state index in [1.165, 1.54) is 11.3 Å². The lowest BCUT2D eigenvalue weighted by atomic mass is 10.2. The zero-order valence-electron chi connectivity index (χ0n) is 9.23. The summed E-state index contributed by atoms with van der Waals surface area (Å²) in [6.45, 7) is 2.14. The summed E-state index contributed by atoms with van der Waals surface area (Å²) in [5.74, 6) is -0.992. The third-order valence-electron chi connectivity index (χ3n) is 2.32. The van der Waals surface area contributed by atoms with Crippen molar-refractivity contribution in [1.29, 1.82) is 0 Å². The van der Waals surface area contributed by atoms with E-state index >= 15 is 0 Å². The highest BCUT2D eigenvalue weighted by atomic mass is 32.1. The van der Waals surface area contributed by atoms with E-state index in [1.807, 2.05) is 12.3 Å². The number of amides is 4. The quantitative estimate of drug-likeness (QED) is 0.794. The predicted molar refractivity (Wildman–Crippen MR) is 60.4 cm³/mol. The van der Waals surface area contributed by atoms with Crippen LogP contribution in [0.15, 0.2) is 5.38 Å². The van der Waals surface area contributed by atoms with Gasteiger partial charge in [0, 0.05) is 24.0 Å². The van der Waals surface area contributed by atoms with E-state index < -0.39 is 17.8 Å². The van der Waals surface area contributed by atoms with Gasteiger partial charge in [0.1, 0.15) is 6.42 Å². The number of nitrogens with zero attached hydrogens (tertiary/aromatic N) is 2. The Labute approximate surface area is 102 Å². The minimum Gasteiger partial charge on any atom is -0.277 e. The van der Waals surface area contributed by atoms with Crippen LogP contribution in [0.3, 0.4) is 0 Å². The Morgan fingerprint density at radius 2 is 2.24 bits per heavy atom. The number of aryl methyl sites for hydroxylation is 1. The molecule has 0 atom stereocenters. The van der Waals surface area contributed by atoms with Crippen molar-refractivity contribution in [1.82, 2.24) is 15.2 Å². The Morgan fingerprint density at radius 3 is 2.82 bits per heavy atom. The minimum atomic E-state index is -0.639. The van der Waals surface area contributed by atoms with E-state index in [-0.39, 0.29) is 13.0 Å². The molecule has 1 aromatic rings. The number of rotatable bonds is 3. The first-order valence-corrected chi connectivity index (χ1v) is 5.99. The number of nitrogens with one attached hydrogen (secondary N) is 1. The van der Waals surface area contributed by atoms with E-state index in [9.17, 15) is 14.4 Å². The minimum absolute atomic E-state index is 0.255. The Hall–Kier alpha value is -1.76. The topological polar surface area (TPSA) is 79.4 Å². The fraction of sp³-hybridized carbons (Fsp3) is 0.400. The van der Waals surface area contributed by atoms with Gasteiger partial charge in [0.2, 0.25) is 11.8 Å². The van der Waals surface area contributed by atoms with Crippen molar-refractivity contribution in [3.8, 4) is 0 Å². The van der Waals surface area contributed by atoms with Gasteiger partial charge >= 0.3 is 6.03 Å². The molecule has 1 saturated heterocycles. The van der Waals surface area contributed by atoms with Gasteiger partial charge in [-0.2, -0.15) is 0 Å². The van der Waals surface area contributed by atoms with Gasteiger partial charge in [0.05, 0.1) is 5.01 Å². The van der Waals surface area contributed by atoms with Crippen LogP contribution in [0.5, 0.6) is 0 Å². The molecule has 90 valence electrons. The fourth-order valence-electron chi connectivity index (χ4n) is 1.53. The number of hydrogen-bond donors (Lipinski definition) is 1. The van der Waals surface area contributed by atoms with E-state index in [0.29, 0.717) is 6.42 Å². The van der Waals surface area contributed by atoms with Crippen LogP contribution in [0.4, 0.5) is 4.79 Å². The van der Waals surface area contributed by atoms with E-state index in [0.717, 1.165) is 15.6 Å². The monoisotopic (exact) mass is 253 g/mol. The van der Waals surface area contributed by atoms with Gasteiger partial charge in [-0.05, 0) is 6.92 Å². The average Bonchev–Trinajstić information content (AvgIpc) is 2.62. The first-order chi connectivity index (χ1) is 8.06. The number of barbiturate groups is 1. The van der Waals surface area contributed by atoms with Crippen LogP contribution in [-0.4, -0.2) is 34.3 Å². The smallest absolute Gasteiger partial charge is 0.277 e. The van der Waals surface area contributed by atoms with Crippen LogP contribution in [0, 0.1) is 6.92 Å². The summed E-state index contributed by atoms with van der Waals surface area (Å²) < 4.78 is 0. The van der Waals surface area contributed by atoms with Crippen LogP contribution < -0.4 is 5.32 Å². The maximum atomic E-state index is 11.5. The number of urea groups is 1. The van der Waals surface area contributed by atoms with E-state index in [1.54, 1.807) is 0 Å². The summed E-state index contributed by atoms with van der Waals surface area (Å²) in [5, 5.41) is 4.90. The molecule has 6 nitrogen and oxygen atoms in total. The van der Waals surface area contributed by atoms with Crippen molar-refractivity contribution in [2.75, 3.05) is 6.54 Å². The number of aromatic nitrogens is 1. The van der Waals surface area contributed by atoms with E-state index in [2.05, 4.69) is 10.3 Å². The second-order valence-electron chi connectivity index (χ2n) is 3.71. The molecule has 1 aliphatic heterocycles. The van der Waals surface area contributed by atoms with Gasteiger partial charge in [-0.1, -0.05) is 0 Å². The largest absolute Gasteiger partial charge is 0.330 e. The number of thiazole rings is 1. The molecular formula is C10H11N3O3S. The SMILES string of the molecule is Cc1csc(CCN2C(=O)CC(=O)NC2=O)n1. The summed E-state index contributed by atoms with van der Waals surface area (Å²) in [7, 11) is 0. The standard InChI is InChI=1S/C10H11N3O3S/c1-6-5-17-8(11-6)2-3-13-9(15)4-7(14)12-10(13)16/h5H,2-4H2,1H3,(H,12,14,16). The normalized spacial score (nSPS) is 16.3. The lowest BCUT2D eigenvalue weighted by Crippen LogP contribution is -2.53. The van der Waals surface area contributed by atoms with Crippen LogP contribution >= 0.6 is 11.3 Å². The average molecular weight is 253 g/mol. The summed E-state index contributed by atoms with van der Waals surface area (Å²) in [4.78, 5) is 39.1. The summed E-state index contributed by atoms with van der Waals surface area (Å²) in [6, 6.07) is -0.639. The first-order valence-electron chi connectivity index (χ1n) is 5.11. The molecule has 0 unspecified atom stereocenters. The molecule has 4 amide bonds. The second kappa shape index (κ2) is 4.62. The molecule has 1 N–H and O–H groups in total. The molecule has 0 aromatic carbocycles. The van der Waals surface area contributed by atoms with Crippen molar-refractivity contribution in [2.24, 2.45) is 0 Å². The number of imide groups is 2. The lowest BCUT2D eigenvalue weighted by molar-refractivity contribution is -0.136. The Bertz CT molecular complexity index is 463. The Kier molecular flexibility index (Phi) is 3.19. The third-order valence-corrected chi connectivity index (χ3v) is 3.35. The molecule has 0 bridgehead atoms. The van der Waals surface area contributed by atoms with Gasteiger partial charge in [0.15, 0.2) is 0 Å². The molecule has 0 spiro atoms. The molecule has 2 rings (SSSR count). The predicted octanol–water partition coefficient (Wildman–Crippen LogP) is 0.463. The fourth-order valence-corrected chi connectivity index (χ4v) is 2.29. The molecule has 1 fully saturated rings. The molecule has 0 radical (unpaired) electrons. The highest BCUT2D eigenvalue weighted by molar-refractivity contribution is 7.09. The molecule has 0 aliphatic carbocycles. The summed E-state index contributed by atoms with van der Waals surface area (Å²) in [6.07, 6.45) is 0.258. The van der Waals surface area contributed by atoms with Crippen LogP contribution in [0.25, 0.3) is 0 Å². The van der Waals surface area contributed by atoms with Crippen molar-refractivity contribution in [3.63, 3.8) is 0 Å². The second-order valence-corrected chi connectivity index (χ2v) is 4.65. The van der Waals surface area contributed by atoms with Crippen molar-refractivity contribution in [2.45, 2.75) is 19.8 Å². The Morgan fingerprint density at radius 1 is 1.47 bits per heavy atom. The molecule has 1 aromatic heterocycles. The highest BCUT2D eigenvalue weighted by Gasteiger charge is 2.30. The van der Waals surface area contributed by atoms with E-state index in [4.69, 9.17) is 0 Å². The molecule has 0 saturated carbocycles. The lowest BCUT2D eigenvalue weighted by Gasteiger charge is -2.24. The van der Waals surface area contributed by atoms with Gasteiger partial charge in [0.25, 0.3) is 0 Å². The summed E-state index contributed by atoms with van der Waals surface area (Å²) in [5.41, 5.74) is 0.926. The van der Waals surface area contributed by atoms with Gasteiger partial charge in [-0.15, -0.1) is 11.3 Å². The molecule has 17 heavy (non-hydrogen) atoms. The van der Waals surface area contributed by atoms with Gasteiger partial charge in [-0.3, -0.25) is 19.8 Å². The molecular weight excluding hydrogens is 242 g/mol. The molecule has 7 heteroatoms.